The number of anilines is 1. The van der Waals surface area contributed by atoms with Gasteiger partial charge in [0.2, 0.25) is 0 Å². The first-order valence-electron chi connectivity index (χ1n) is 6.48. The van der Waals surface area contributed by atoms with Gasteiger partial charge in [0.1, 0.15) is 0 Å². The maximum Gasteiger partial charge on any atom is 0.416 e. The third-order valence-corrected chi connectivity index (χ3v) is 3.93. The Morgan fingerprint density at radius 2 is 1.71 bits per heavy atom. The summed E-state index contributed by atoms with van der Waals surface area (Å²) >= 11 is 1.64. The molecule has 0 heterocycles. The summed E-state index contributed by atoms with van der Waals surface area (Å²) in [5.74, 6) is 0. The normalized spacial score (nSPS) is 13.0. The molecule has 0 saturated heterocycles. The van der Waals surface area contributed by atoms with Crippen molar-refractivity contribution in [3.63, 3.8) is 0 Å². The Labute approximate surface area is 126 Å². The van der Waals surface area contributed by atoms with Crippen molar-refractivity contribution in [3.8, 4) is 0 Å². The van der Waals surface area contributed by atoms with E-state index >= 15 is 0 Å². The SMILES string of the molecule is CSc1ccc(NC(C)c2cccc(C(F)(F)F)c2)cc1. The molecule has 0 amide bonds. The van der Waals surface area contributed by atoms with Gasteiger partial charge in [-0.1, -0.05) is 12.1 Å². The van der Waals surface area contributed by atoms with Gasteiger partial charge in [-0.2, -0.15) is 13.2 Å². The van der Waals surface area contributed by atoms with Gasteiger partial charge in [0.25, 0.3) is 0 Å². The van der Waals surface area contributed by atoms with Crippen LogP contribution in [0.1, 0.15) is 24.1 Å². The van der Waals surface area contributed by atoms with Crippen LogP contribution < -0.4 is 5.32 Å². The molecule has 1 unspecified atom stereocenters. The van der Waals surface area contributed by atoms with E-state index in [9.17, 15) is 13.2 Å². The van der Waals surface area contributed by atoms with E-state index in [1.807, 2.05) is 37.4 Å². The molecule has 0 bridgehead atoms. The average molecular weight is 311 g/mol. The molecule has 2 rings (SSSR count). The number of benzene rings is 2. The van der Waals surface area contributed by atoms with Crippen LogP contribution in [0.3, 0.4) is 0 Å². The second kappa shape index (κ2) is 6.43. The lowest BCUT2D eigenvalue weighted by Crippen LogP contribution is -2.10. The van der Waals surface area contributed by atoms with Crippen molar-refractivity contribution in [2.75, 3.05) is 11.6 Å². The molecular formula is C16H16F3NS. The monoisotopic (exact) mass is 311 g/mol. The van der Waals surface area contributed by atoms with E-state index in [0.29, 0.717) is 5.56 Å². The molecule has 5 heteroatoms. The highest BCUT2D eigenvalue weighted by atomic mass is 32.2. The average Bonchev–Trinajstić information content (AvgIpc) is 2.47. The Morgan fingerprint density at radius 3 is 2.29 bits per heavy atom. The van der Waals surface area contributed by atoms with Crippen molar-refractivity contribution in [2.45, 2.75) is 24.0 Å². The molecule has 0 aromatic heterocycles. The maximum atomic E-state index is 12.7. The summed E-state index contributed by atoms with van der Waals surface area (Å²) in [6.07, 6.45) is -2.32. The standard InChI is InChI=1S/C16H16F3NS/c1-11(20-14-6-8-15(21-2)9-7-14)12-4-3-5-13(10-12)16(17,18)19/h3-11,20H,1-2H3. The predicted octanol–water partition coefficient (Wildman–Crippen LogP) is 5.60. The number of halogens is 3. The summed E-state index contributed by atoms with van der Waals surface area (Å²) in [7, 11) is 0. The highest BCUT2D eigenvalue weighted by Gasteiger charge is 2.30. The van der Waals surface area contributed by atoms with Crippen LogP contribution >= 0.6 is 11.8 Å². The number of alkyl halides is 3. The largest absolute Gasteiger partial charge is 0.416 e. The summed E-state index contributed by atoms with van der Waals surface area (Å²) in [6.45, 7) is 1.85. The smallest absolute Gasteiger partial charge is 0.379 e. The zero-order valence-corrected chi connectivity index (χ0v) is 12.6. The quantitative estimate of drug-likeness (QED) is 0.738. The van der Waals surface area contributed by atoms with Crippen LogP contribution in [0.4, 0.5) is 18.9 Å². The van der Waals surface area contributed by atoms with Gasteiger partial charge in [0.05, 0.1) is 5.56 Å². The van der Waals surface area contributed by atoms with Crippen LogP contribution in [0.25, 0.3) is 0 Å². The minimum atomic E-state index is -4.31. The highest BCUT2D eigenvalue weighted by Crippen LogP contribution is 2.31. The van der Waals surface area contributed by atoms with E-state index in [1.165, 1.54) is 12.1 Å². The van der Waals surface area contributed by atoms with E-state index in [1.54, 1.807) is 17.8 Å². The van der Waals surface area contributed by atoms with E-state index < -0.39 is 11.7 Å². The lowest BCUT2D eigenvalue weighted by Gasteiger charge is -2.17. The first-order chi connectivity index (χ1) is 9.90. The Kier molecular flexibility index (Phi) is 4.83. The Balaban J connectivity index is 2.14. The summed E-state index contributed by atoms with van der Waals surface area (Å²) in [6, 6.07) is 13.0. The molecule has 1 N–H and O–H groups in total. The fourth-order valence-electron chi connectivity index (χ4n) is 2.00. The molecule has 1 atom stereocenters. The molecule has 2 aromatic carbocycles. The van der Waals surface area contributed by atoms with Gasteiger partial charge in [-0.15, -0.1) is 11.8 Å². The minimum absolute atomic E-state index is 0.201. The minimum Gasteiger partial charge on any atom is -0.379 e. The zero-order valence-electron chi connectivity index (χ0n) is 11.7. The molecule has 0 spiro atoms. The number of hydrogen-bond acceptors (Lipinski definition) is 2. The Morgan fingerprint density at radius 1 is 1.05 bits per heavy atom. The fourth-order valence-corrected chi connectivity index (χ4v) is 2.41. The molecule has 0 radical (unpaired) electrons. The van der Waals surface area contributed by atoms with Crippen LogP contribution in [0.2, 0.25) is 0 Å². The van der Waals surface area contributed by atoms with E-state index in [-0.39, 0.29) is 6.04 Å². The lowest BCUT2D eigenvalue weighted by molar-refractivity contribution is -0.137. The number of hydrogen-bond donors (Lipinski definition) is 1. The third-order valence-electron chi connectivity index (χ3n) is 3.19. The maximum absolute atomic E-state index is 12.7. The van der Waals surface area contributed by atoms with Crippen LogP contribution in [-0.2, 0) is 6.18 Å². The number of rotatable bonds is 4. The molecule has 21 heavy (non-hydrogen) atoms. The molecule has 0 fully saturated rings. The Hall–Kier alpha value is -1.62. The van der Waals surface area contributed by atoms with E-state index in [4.69, 9.17) is 0 Å². The van der Waals surface area contributed by atoms with Crippen LogP contribution in [0.5, 0.6) is 0 Å². The van der Waals surface area contributed by atoms with E-state index in [0.717, 1.165) is 16.6 Å². The van der Waals surface area contributed by atoms with Crippen LogP contribution in [-0.4, -0.2) is 6.26 Å². The summed E-state index contributed by atoms with van der Waals surface area (Å²) in [4.78, 5) is 1.15. The summed E-state index contributed by atoms with van der Waals surface area (Å²) < 4.78 is 38.2. The topological polar surface area (TPSA) is 12.0 Å². The zero-order chi connectivity index (χ0) is 15.5. The molecular weight excluding hydrogens is 295 g/mol. The predicted molar refractivity (Wildman–Crippen MR) is 81.7 cm³/mol. The molecule has 1 nitrogen and oxygen atoms in total. The van der Waals surface area contributed by atoms with Gasteiger partial charge in [-0.25, -0.2) is 0 Å². The number of nitrogens with one attached hydrogen (secondary N) is 1. The second-order valence-corrected chi connectivity index (χ2v) is 5.60. The molecule has 0 aliphatic heterocycles. The first kappa shape index (κ1) is 15.8. The molecule has 0 aliphatic carbocycles. The van der Waals surface area contributed by atoms with Gasteiger partial charge < -0.3 is 5.32 Å². The van der Waals surface area contributed by atoms with Gasteiger partial charge in [0, 0.05) is 16.6 Å². The third kappa shape index (κ3) is 4.17. The van der Waals surface area contributed by atoms with E-state index in [2.05, 4.69) is 5.32 Å². The number of thioether (sulfide) groups is 1. The van der Waals surface area contributed by atoms with Crippen molar-refractivity contribution < 1.29 is 13.2 Å². The fraction of sp³-hybridized carbons (Fsp3) is 0.250. The highest BCUT2D eigenvalue weighted by molar-refractivity contribution is 7.98. The Bertz CT molecular complexity index is 593. The lowest BCUT2D eigenvalue weighted by atomic mass is 10.0. The molecule has 0 aliphatic rings. The van der Waals surface area contributed by atoms with Crippen molar-refractivity contribution in [1.29, 1.82) is 0 Å². The summed E-state index contributed by atoms with van der Waals surface area (Å²) in [5.41, 5.74) is 0.878. The summed E-state index contributed by atoms with van der Waals surface area (Å²) in [5, 5.41) is 3.21. The van der Waals surface area contributed by atoms with Gasteiger partial charge >= 0.3 is 6.18 Å². The second-order valence-electron chi connectivity index (χ2n) is 4.72. The van der Waals surface area contributed by atoms with Crippen LogP contribution in [0, 0.1) is 0 Å². The van der Waals surface area contributed by atoms with Crippen molar-refractivity contribution in [3.05, 3.63) is 59.7 Å². The molecule has 0 saturated carbocycles. The van der Waals surface area contributed by atoms with Crippen molar-refractivity contribution >= 4 is 17.4 Å². The van der Waals surface area contributed by atoms with Gasteiger partial charge in [-0.3, -0.25) is 0 Å². The van der Waals surface area contributed by atoms with Gasteiger partial charge in [0.15, 0.2) is 0 Å². The molecule has 2 aromatic rings. The molecule has 112 valence electrons. The van der Waals surface area contributed by atoms with Crippen LogP contribution in [0.15, 0.2) is 53.4 Å². The first-order valence-corrected chi connectivity index (χ1v) is 7.70. The van der Waals surface area contributed by atoms with Crippen molar-refractivity contribution in [2.24, 2.45) is 0 Å². The van der Waals surface area contributed by atoms with Gasteiger partial charge in [-0.05, 0) is 55.1 Å². The van der Waals surface area contributed by atoms with Crippen molar-refractivity contribution in [1.82, 2.24) is 0 Å².